The molecule has 1 aromatic carbocycles. The summed E-state index contributed by atoms with van der Waals surface area (Å²) in [5, 5.41) is 3.58. The maximum atomic E-state index is 12.2. The van der Waals surface area contributed by atoms with Gasteiger partial charge in [-0.2, -0.15) is 0 Å². The lowest BCUT2D eigenvalue weighted by atomic mass is 10.0. The first-order valence-electron chi connectivity index (χ1n) is 6.61. The van der Waals surface area contributed by atoms with E-state index in [1.165, 1.54) is 6.42 Å². The Bertz CT molecular complexity index is 511. The molecule has 0 saturated heterocycles. The molecule has 3 atom stereocenters. The van der Waals surface area contributed by atoms with Crippen LogP contribution in [0.15, 0.2) is 36.4 Å². The molecule has 2 aliphatic rings. The van der Waals surface area contributed by atoms with Gasteiger partial charge >= 0.3 is 6.03 Å². The third-order valence-electron chi connectivity index (χ3n) is 4.16. The fraction of sp³-hybridized carbons (Fsp3) is 0.400. The molecule has 0 radical (unpaired) electrons. The van der Waals surface area contributed by atoms with Crippen LogP contribution in [0, 0.1) is 11.8 Å². The number of urea groups is 1. The highest BCUT2D eigenvalue weighted by molar-refractivity contribution is 6.30. The highest BCUT2D eigenvalue weighted by Gasteiger charge is 2.39. The van der Waals surface area contributed by atoms with Gasteiger partial charge in [0.25, 0.3) is 0 Å². The molecule has 3 unspecified atom stereocenters. The minimum Gasteiger partial charge on any atom is -0.324 e. The number of carbonyl (C=O) groups is 1. The number of amides is 2. The minimum absolute atomic E-state index is 0.0479. The van der Waals surface area contributed by atoms with E-state index in [-0.39, 0.29) is 6.03 Å². The van der Waals surface area contributed by atoms with E-state index in [1.807, 2.05) is 24.1 Å². The van der Waals surface area contributed by atoms with Crippen molar-refractivity contribution >= 4 is 23.3 Å². The molecule has 1 saturated carbocycles. The number of hydrogen-bond donors (Lipinski definition) is 1. The molecule has 0 heterocycles. The van der Waals surface area contributed by atoms with E-state index in [9.17, 15) is 4.79 Å². The van der Waals surface area contributed by atoms with Crippen LogP contribution in [0.4, 0.5) is 10.5 Å². The van der Waals surface area contributed by atoms with Gasteiger partial charge in [-0.1, -0.05) is 23.8 Å². The fourth-order valence-corrected chi connectivity index (χ4v) is 3.22. The van der Waals surface area contributed by atoms with Gasteiger partial charge in [0.05, 0.1) is 0 Å². The van der Waals surface area contributed by atoms with Gasteiger partial charge in [-0.25, -0.2) is 4.79 Å². The first-order valence-corrected chi connectivity index (χ1v) is 6.99. The van der Waals surface area contributed by atoms with E-state index in [0.717, 1.165) is 12.1 Å². The SMILES string of the molecule is CN(C(=O)Nc1ccc(Cl)cc1)C1CC2C=CC1C2. The number of benzene rings is 1. The van der Waals surface area contributed by atoms with Crippen molar-refractivity contribution in [3.05, 3.63) is 41.4 Å². The highest BCUT2D eigenvalue weighted by atomic mass is 35.5. The van der Waals surface area contributed by atoms with Crippen LogP contribution in [0.1, 0.15) is 12.8 Å². The summed E-state index contributed by atoms with van der Waals surface area (Å²) in [4.78, 5) is 14.1. The van der Waals surface area contributed by atoms with Gasteiger partial charge in [0.1, 0.15) is 0 Å². The van der Waals surface area contributed by atoms with Crippen LogP contribution in [-0.2, 0) is 0 Å². The summed E-state index contributed by atoms with van der Waals surface area (Å²) < 4.78 is 0. The van der Waals surface area contributed by atoms with Crippen molar-refractivity contribution in [1.82, 2.24) is 4.90 Å². The van der Waals surface area contributed by atoms with Gasteiger partial charge < -0.3 is 10.2 Å². The van der Waals surface area contributed by atoms with Crippen molar-refractivity contribution in [1.29, 1.82) is 0 Å². The summed E-state index contributed by atoms with van der Waals surface area (Å²) in [5.41, 5.74) is 0.778. The lowest BCUT2D eigenvalue weighted by Crippen LogP contribution is -2.42. The molecule has 1 N–H and O–H groups in total. The van der Waals surface area contributed by atoms with Crippen molar-refractivity contribution in [3.63, 3.8) is 0 Å². The van der Waals surface area contributed by atoms with Crippen molar-refractivity contribution in [2.45, 2.75) is 18.9 Å². The van der Waals surface area contributed by atoms with Crippen LogP contribution in [0.5, 0.6) is 0 Å². The Kier molecular flexibility index (Phi) is 3.23. The smallest absolute Gasteiger partial charge is 0.321 e. The second-order valence-electron chi connectivity index (χ2n) is 5.40. The van der Waals surface area contributed by atoms with Crippen molar-refractivity contribution in [3.8, 4) is 0 Å². The molecule has 0 aromatic heterocycles. The molecule has 0 aliphatic heterocycles. The van der Waals surface area contributed by atoms with Crippen LogP contribution in [-0.4, -0.2) is 24.0 Å². The predicted octanol–water partition coefficient (Wildman–Crippen LogP) is 3.77. The summed E-state index contributed by atoms with van der Waals surface area (Å²) in [6.45, 7) is 0. The molecule has 1 aromatic rings. The van der Waals surface area contributed by atoms with Gasteiger partial charge in [-0.3, -0.25) is 0 Å². The van der Waals surface area contributed by atoms with Gasteiger partial charge in [-0.05, 0) is 48.9 Å². The Balaban J connectivity index is 1.64. The maximum Gasteiger partial charge on any atom is 0.321 e. The monoisotopic (exact) mass is 276 g/mol. The van der Waals surface area contributed by atoms with Crippen molar-refractivity contribution < 1.29 is 4.79 Å². The fourth-order valence-electron chi connectivity index (χ4n) is 3.09. The molecule has 19 heavy (non-hydrogen) atoms. The Morgan fingerprint density at radius 1 is 1.26 bits per heavy atom. The summed E-state index contributed by atoms with van der Waals surface area (Å²) in [6.07, 6.45) is 6.83. The third kappa shape index (κ3) is 2.47. The summed E-state index contributed by atoms with van der Waals surface area (Å²) in [7, 11) is 1.88. The second-order valence-corrected chi connectivity index (χ2v) is 5.83. The Morgan fingerprint density at radius 2 is 2.00 bits per heavy atom. The zero-order chi connectivity index (χ0) is 13.4. The third-order valence-corrected chi connectivity index (χ3v) is 4.41. The first-order chi connectivity index (χ1) is 9.13. The van der Waals surface area contributed by atoms with E-state index in [0.29, 0.717) is 22.9 Å². The van der Waals surface area contributed by atoms with Crippen molar-refractivity contribution in [2.75, 3.05) is 12.4 Å². The normalized spacial score (nSPS) is 27.6. The highest BCUT2D eigenvalue weighted by Crippen LogP contribution is 2.41. The standard InChI is InChI=1S/C15H17ClN2O/c1-18(14-9-10-2-3-11(14)8-10)15(19)17-13-6-4-12(16)5-7-13/h2-7,10-11,14H,8-9H2,1H3,(H,17,19). The molecular formula is C15H17ClN2O. The molecule has 4 heteroatoms. The molecule has 2 aliphatic carbocycles. The zero-order valence-electron chi connectivity index (χ0n) is 10.8. The van der Waals surface area contributed by atoms with E-state index in [2.05, 4.69) is 17.5 Å². The number of fused-ring (bicyclic) bond motifs is 2. The summed E-state index contributed by atoms with van der Waals surface area (Å²) >= 11 is 5.83. The summed E-state index contributed by atoms with van der Waals surface area (Å²) in [5.74, 6) is 1.20. The topological polar surface area (TPSA) is 32.3 Å². The van der Waals surface area contributed by atoms with Gasteiger partial charge in [0, 0.05) is 23.8 Å². The number of allylic oxidation sites excluding steroid dienone is 1. The molecule has 0 spiro atoms. The zero-order valence-corrected chi connectivity index (χ0v) is 11.6. The number of hydrogen-bond acceptors (Lipinski definition) is 1. The molecule has 3 rings (SSSR count). The quantitative estimate of drug-likeness (QED) is 0.820. The average molecular weight is 277 g/mol. The van der Waals surface area contributed by atoms with Crippen molar-refractivity contribution in [2.24, 2.45) is 11.8 Å². The molecule has 1 fully saturated rings. The van der Waals surface area contributed by atoms with Gasteiger partial charge in [0.2, 0.25) is 0 Å². The average Bonchev–Trinajstić information content (AvgIpc) is 3.03. The Labute approximate surface area is 118 Å². The first kappa shape index (κ1) is 12.5. The molecular weight excluding hydrogens is 260 g/mol. The molecule has 100 valence electrons. The van der Waals surface area contributed by atoms with E-state index in [1.54, 1.807) is 12.1 Å². The van der Waals surface area contributed by atoms with E-state index >= 15 is 0 Å². The van der Waals surface area contributed by atoms with E-state index in [4.69, 9.17) is 11.6 Å². The number of rotatable bonds is 2. The van der Waals surface area contributed by atoms with Crippen LogP contribution >= 0.6 is 11.6 Å². The molecule has 2 amide bonds. The number of halogens is 1. The minimum atomic E-state index is -0.0479. The van der Waals surface area contributed by atoms with Crippen LogP contribution < -0.4 is 5.32 Å². The van der Waals surface area contributed by atoms with Crippen LogP contribution in [0.2, 0.25) is 5.02 Å². The lowest BCUT2D eigenvalue weighted by Gasteiger charge is -2.29. The Hall–Kier alpha value is -1.48. The number of carbonyl (C=O) groups excluding carboxylic acids is 1. The molecule has 2 bridgehead atoms. The predicted molar refractivity (Wildman–Crippen MR) is 77.4 cm³/mol. The number of anilines is 1. The molecule has 3 nitrogen and oxygen atoms in total. The lowest BCUT2D eigenvalue weighted by molar-refractivity contribution is 0.194. The number of nitrogens with one attached hydrogen (secondary N) is 1. The maximum absolute atomic E-state index is 12.2. The van der Waals surface area contributed by atoms with Gasteiger partial charge in [0.15, 0.2) is 0 Å². The van der Waals surface area contributed by atoms with Gasteiger partial charge in [-0.15, -0.1) is 0 Å². The largest absolute Gasteiger partial charge is 0.324 e. The van der Waals surface area contributed by atoms with Crippen LogP contribution in [0.25, 0.3) is 0 Å². The summed E-state index contributed by atoms with van der Waals surface area (Å²) in [6, 6.07) is 7.47. The Morgan fingerprint density at radius 3 is 2.58 bits per heavy atom. The second kappa shape index (κ2) is 4.89. The van der Waals surface area contributed by atoms with Crippen LogP contribution in [0.3, 0.4) is 0 Å². The van der Waals surface area contributed by atoms with E-state index < -0.39 is 0 Å². The number of nitrogens with zero attached hydrogens (tertiary/aromatic N) is 1.